The van der Waals surface area contributed by atoms with Crippen molar-refractivity contribution in [1.82, 2.24) is 5.32 Å². The standard InChI is InChI=1S/C13H16Cl3NO3S/c1-4-5-13(2,3)17-12(18)9-6-8(14)7-10(11(9)15)21(16,19)20/h6-7H,4-5H2,1-3H3,(H,17,18). The summed E-state index contributed by atoms with van der Waals surface area (Å²) in [5, 5.41) is 2.63. The molecule has 0 fully saturated rings. The number of carbonyl (C=O) groups excluding carboxylic acids is 1. The van der Waals surface area contributed by atoms with Crippen LogP contribution in [0, 0.1) is 0 Å². The number of rotatable bonds is 5. The molecule has 1 N–H and O–H groups in total. The molecule has 1 amide bonds. The van der Waals surface area contributed by atoms with Crippen LogP contribution < -0.4 is 5.32 Å². The van der Waals surface area contributed by atoms with E-state index >= 15 is 0 Å². The molecule has 0 saturated heterocycles. The normalized spacial score (nSPS) is 12.3. The van der Waals surface area contributed by atoms with Crippen LogP contribution in [0.3, 0.4) is 0 Å². The Kier molecular flexibility index (Phi) is 5.95. The van der Waals surface area contributed by atoms with Gasteiger partial charge in [-0.3, -0.25) is 4.79 Å². The highest BCUT2D eigenvalue weighted by atomic mass is 35.7. The fourth-order valence-corrected chi connectivity index (χ4v) is 3.83. The first-order valence-corrected chi connectivity index (χ1v) is 9.30. The van der Waals surface area contributed by atoms with E-state index in [2.05, 4.69) is 5.32 Å². The third-order valence-electron chi connectivity index (χ3n) is 2.84. The van der Waals surface area contributed by atoms with Crippen molar-refractivity contribution in [2.45, 2.75) is 44.0 Å². The largest absolute Gasteiger partial charge is 0.347 e. The van der Waals surface area contributed by atoms with E-state index in [9.17, 15) is 13.2 Å². The highest BCUT2D eigenvalue weighted by Gasteiger charge is 2.25. The second-order valence-electron chi connectivity index (χ2n) is 5.29. The third kappa shape index (κ3) is 5.02. The molecule has 0 saturated carbocycles. The van der Waals surface area contributed by atoms with Crippen LogP contribution in [-0.2, 0) is 9.05 Å². The molecule has 1 aromatic carbocycles. The first-order valence-electron chi connectivity index (χ1n) is 6.24. The van der Waals surface area contributed by atoms with E-state index < -0.39 is 20.5 Å². The Morgan fingerprint density at radius 1 is 1.29 bits per heavy atom. The van der Waals surface area contributed by atoms with Gasteiger partial charge in [-0.2, -0.15) is 0 Å². The molecule has 1 aromatic rings. The molecule has 4 nitrogen and oxygen atoms in total. The van der Waals surface area contributed by atoms with Crippen molar-refractivity contribution in [1.29, 1.82) is 0 Å². The third-order valence-corrected chi connectivity index (χ3v) is 4.92. The van der Waals surface area contributed by atoms with Gasteiger partial charge in [0.25, 0.3) is 15.0 Å². The number of nitrogens with one attached hydrogen (secondary N) is 1. The van der Waals surface area contributed by atoms with E-state index in [0.717, 1.165) is 18.9 Å². The molecule has 0 aliphatic rings. The van der Waals surface area contributed by atoms with Crippen molar-refractivity contribution < 1.29 is 13.2 Å². The average molecular weight is 373 g/mol. The summed E-state index contributed by atoms with van der Waals surface area (Å²) in [5.41, 5.74) is -0.468. The summed E-state index contributed by atoms with van der Waals surface area (Å²) < 4.78 is 22.9. The average Bonchev–Trinajstić information content (AvgIpc) is 2.29. The van der Waals surface area contributed by atoms with Gasteiger partial charge >= 0.3 is 0 Å². The highest BCUT2D eigenvalue weighted by Crippen LogP contribution is 2.32. The van der Waals surface area contributed by atoms with E-state index in [0.29, 0.717) is 0 Å². The van der Waals surface area contributed by atoms with Crippen molar-refractivity contribution in [2.75, 3.05) is 0 Å². The van der Waals surface area contributed by atoms with Gasteiger partial charge in [-0.15, -0.1) is 0 Å². The Morgan fingerprint density at radius 3 is 2.33 bits per heavy atom. The summed E-state index contributed by atoms with van der Waals surface area (Å²) in [6.07, 6.45) is 1.65. The Bertz CT molecular complexity index is 657. The summed E-state index contributed by atoms with van der Waals surface area (Å²) in [7, 11) is 1.20. The van der Waals surface area contributed by atoms with Gasteiger partial charge in [0.1, 0.15) is 4.90 Å². The molecular weight excluding hydrogens is 357 g/mol. The summed E-state index contributed by atoms with van der Waals surface area (Å²) in [6.45, 7) is 5.73. The predicted molar refractivity (Wildman–Crippen MR) is 86.0 cm³/mol. The molecular formula is C13H16Cl3NO3S. The SMILES string of the molecule is CCCC(C)(C)NC(=O)c1cc(Cl)cc(S(=O)(=O)Cl)c1Cl. The zero-order valence-corrected chi connectivity index (χ0v) is 14.9. The molecule has 0 aliphatic heterocycles. The van der Waals surface area contributed by atoms with E-state index in [4.69, 9.17) is 33.9 Å². The predicted octanol–water partition coefficient (Wildman–Crippen LogP) is 4.23. The quantitative estimate of drug-likeness (QED) is 0.787. The zero-order chi connectivity index (χ0) is 16.4. The number of benzene rings is 1. The van der Waals surface area contributed by atoms with Gasteiger partial charge in [-0.25, -0.2) is 8.42 Å². The minimum absolute atomic E-state index is 0.0208. The fraction of sp³-hybridized carbons (Fsp3) is 0.462. The lowest BCUT2D eigenvalue weighted by Gasteiger charge is -2.26. The van der Waals surface area contributed by atoms with Gasteiger partial charge in [0, 0.05) is 21.2 Å². The van der Waals surface area contributed by atoms with Crippen LogP contribution in [0.2, 0.25) is 10.0 Å². The molecule has 0 aliphatic carbocycles. The molecule has 0 unspecified atom stereocenters. The molecule has 21 heavy (non-hydrogen) atoms. The van der Waals surface area contributed by atoms with Gasteiger partial charge in [0.05, 0.1) is 10.6 Å². The lowest BCUT2D eigenvalue weighted by Crippen LogP contribution is -2.43. The van der Waals surface area contributed by atoms with E-state index in [1.54, 1.807) is 0 Å². The maximum atomic E-state index is 12.3. The molecule has 0 bridgehead atoms. The van der Waals surface area contributed by atoms with Crippen molar-refractivity contribution >= 4 is 48.8 Å². The van der Waals surface area contributed by atoms with E-state index in [1.165, 1.54) is 6.07 Å². The Hall–Kier alpha value is -0.490. The van der Waals surface area contributed by atoms with Crippen LogP contribution in [-0.4, -0.2) is 19.9 Å². The maximum absolute atomic E-state index is 12.3. The minimum atomic E-state index is -4.09. The van der Waals surface area contributed by atoms with Crippen molar-refractivity contribution in [3.8, 4) is 0 Å². The second-order valence-corrected chi connectivity index (χ2v) is 8.64. The minimum Gasteiger partial charge on any atom is -0.347 e. The lowest BCUT2D eigenvalue weighted by molar-refractivity contribution is 0.0909. The van der Waals surface area contributed by atoms with Gasteiger partial charge in [-0.1, -0.05) is 36.5 Å². The monoisotopic (exact) mass is 371 g/mol. The smallest absolute Gasteiger partial charge is 0.262 e. The number of halogens is 3. The van der Waals surface area contributed by atoms with E-state index in [-0.39, 0.29) is 20.5 Å². The summed E-state index contributed by atoms with van der Waals surface area (Å²) >= 11 is 11.8. The van der Waals surface area contributed by atoms with Crippen molar-refractivity contribution in [3.63, 3.8) is 0 Å². The van der Waals surface area contributed by atoms with Crippen molar-refractivity contribution in [2.24, 2.45) is 0 Å². The fourth-order valence-electron chi connectivity index (χ4n) is 1.97. The Labute approximate surface area is 139 Å². The van der Waals surface area contributed by atoms with Crippen LogP contribution in [0.15, 0.2) is 17.0 Å². The van der Waals surface area contributed by atoms with E-state index in [1.807, 2.05) is 20.8 Å². The summed E-state index contributed by atoms with van der Waals surface area (Å²) in [5.74, 6) is -0.498. The second kappa shape index (κ2) is 6.73. The van der Waals surface area contributed by atoms with Gasteiger partial charge in [-0.05, 0) is 32.4 Å². The highest BCUT2D eigenvalue weighted by molar-refractivity contribution is 8.13. The molecule has 1 rings (SSSR count). The topological polar surface area (TPSA) is 63.2 Å². The first-order chi connectivity index (χ1) is 9.48. The first kappa shape index (κ1) is 18.6. The Morgan fingerprint density at radius 2 is 1.86 bits per heavy atom. The molecule has 0 atom stereocenters. The van der Waals surface area contributed by atoms with Crippen LogP contribution in [0.1, 0.15) is 44.0 Å². The number of amides is 1. The number of carbonyl (C=O) groups is 1. The summed E-state index contributed by atoms with van der Waals surface area (Å²) in [6, 6.07) is 2.42. The molecule has 0 heterocycles. The van der Waals surface area contributed by atoms with Crippen molar-refractivity contribution in [3.05, 3.63) is 27.7 Å². The van der Waals surface area contributed by atoms with Gasteiger partial charge in [0.2, 0.25) is 0 Å². The molecule has 118 valence electrons. The molecule has 0 spiro atoms. The molecule has 8 heteroatoms. The lowest BCUT2D eigenvalue weighted by atomic mass is 9.98. The zero-order valence-electron chi connectivity index (χ0n) is 11.8. The number of hydrogen-bond acceptors (Lipinski definition) is 3. The van der Waals surface area contributed by atoms with Crippen LogP contribution in [0.5, 0.6) is 0 Å². The Balaban J connectivity index is 3.26. The van der Waals surface area contributed by atoms with Gasteiger partial charge < -0.3 is 5.32 Å². The van der Waals surface area contributed by atoms with Crippen LogP contribution in [0.4, 0.5) is 0 Å². The maximum Gasteiger partial charge on any atom is 0.262 e. The number of hydrogen-bond donors (Lipinski definition) is 1. The molecule has 0 radical (unpaired) electrons. The van der Waals surface area contributed by atoms with Gasteiger partial charge in [0.15, 0.2) is 0 Å². The van der Waals surface area contributed by atoms with Crippen LogP contribution >= 0.6 is 33.9 Å². The van der Waals surface area contributed by atoms with Crippen LogP contribution in [0.25, 0.3) is 0 Å². The molecule has 0 aromatic heterocycles. The summed E-state index contributed by atoms with van der Waals surface area (Å²) in [4.78, 5) is 11.9.